The molecule has 2 bridgehead atoms. The number of thioether (sulfide) groups is 1. The van der Waals surface area contributed by atoms with E-state index in [1.54, 1.807) is 40.6 Å². The summed E-state index contributed by atoms with van der Waals surface area (Å²) in [4.78, 5) is 45.0. The van der Waals surface area contributed by atoms with E-state index in [9.17, 15) is 14.4 Å². The van der Waals surface area contributed by atoms with Crippen LogP contribution in [0.4, 0.5) is 5.69 Å². The van der Waals surface area contributed by atoms with Crippen molar-refractivity contribution in [2.24, 2.45) is 11.8 Å². The molecule has 1 aromatic rings. The fourth-order valence-corrected chi connectivity index (χ4v) is 8.98. The average molecular weight is 549 g/mol. The van der Waals surface area contributed by atoms with Crippen molar-refractivity contribution in [2.75, 3.05) is 31.2 Å². The van der Waals surface area contributed by atoms with E-state index in [2.05, 4.69) is 6.58 Å². The second kappa shape index (κ2) is 11.8. The zero-order chi connectivity index (χ0) is 26.7. The van der Waals surface area contributed by atoms with Crippen LogP contribution in [-0.4, -0.2) is 70.1 Å². The number of esters is 1. The van der Waals surface area contributed by atoms with Crippen LogP contribution in [0.15, 0.2) is 30.9 Å². The molecule has 1 aromatic carbocycles. The van der Waals surface area contributed by atoms with Gasteiger partial charge in [-0.2, -0.15) is 0 Å². The van der Waals surface area contributed by atoms with Gasteiger partial charge >= 0.3 is 5.97 Å². The summed E-state index contributed by atoms with van der Waals surface area (Å²) in [7, 11) is 0. The number of aliphatic hydroxyl groups is 1. The highest BCUT2D eigenvalue weighted by molar-refractivity contribution is 8.02. The molecule has 9 heteroatoms. The van der Waals surface area contributed by atoms with Crippen LogP contribution in [0.5, 0.6) is 0 Å². The number of likely N-dealkylation sites (tertiary alicyclic amines) is 1. The number of carbonyl (C=O) groups excluding carboxylic acids is 3. The largest absolute Gasteiger partial charge is 0.466 e. The number of amides is 2. The highest BCUT2D eigenvalue weighted by atomic mass is 35.5. The van der Waals surface area contributed by atoms with Gasteiger partial charge in [0.05, 0.1) is 33.9 Å². The Morgan fingerprint density at radius 3 is 2.76 bits per heavy atom. The normalized spacial score (nSPS) is 27.9. The molecular formula is C28H37ClN2O5S. The number of fused-ring (bicyclic) bond motifs is 1. The number of rotatable bonds is 12. The van der Waals surface area contributed by atoms with Crippen LogP contribution in [0.3, 0.4) is 0 Å². The first kappa shape index (κ1) is 28.0. The molecule has 3 heterocycles. The van der Waals surface area contributed by atoms with Gasteiger partial charge < -0.3 is 19.6 Å². The standard InChI is InChI=1S/C28H37ClN2O5S/c1-4-15-30(23-18(3)11-10-12-19(23)29)26(34)24-28-14-13-20(37-28)21(27(35)36-5-2)22(28)25(33)31(24)16-8-6-7-9-17-32/h4,10-12,20-22,24,32H,1,5-9,13-17H2,2-3H3/t20-,21+,22-,24?,28?/m0/s1. The first-order valence-corrected chi connectivity index (χ1v) is 14.5. The van der Waals surface area contributed by atoms with Gasteiger partial charge in [-0.05, 0) is 51.2 Å². The molecule has 3 aliphatic rings. The molecule has 4 rings (SSSR count). The third kappa shape index (κ3) is 4.92. The SMILES string of the molecule is C=CCN(C(=O)C1N(CCCCCCO)C(=O)[C@@H]2[C@H](C(=O)OCC)[C@@H]3CCC12S3)c1c(C)cccc1Cl. The Morgan fingerprint density at radius 1 is 1.32 bits per heavy atom. The monoisotopic (exact) mass is 548 g/mol. The highest BCUT2D eigenvalue weighted by Crippen LogP contribution is 2.66. The van der Waals surface area contributed by atoms with E-state index in [1.807, 2.05) is 19.1 Å². The molecule has 0 radical (unpaired) electrons. The predicted octanol–water partition coefficient (Wildman–Crippen LogP) is 4.37. The van der Waals surface area contributed by atoms with Crippen molar-refractivity contribution in [2.45, 2.75) is 68.4 Å². The summed E-state index contributed by atoms with van der Waals surface area (Å²) in [6.45, 7) is 8.65. The number of benzene rings is 1. The third-order valence-corrected chi connectivity index (χ3v) is 10.2. The Labute approximate surface area is 228 Å². The smallest absolute Gasteiger partial charge is 0.310 e. The van der Waals surface area contributed by atoms with Crippen molar-refractivity contribution in [1.29, 1.82) is 0 Å². The molecule has 1 spiro atoms. The summed E-state index contributed by atoms with van der Waals surface area (Å²) in [6, 6.07) is 4.83. The number of carbonyl (C=O) groups is 3. The molecule has 37 heavy (non-hydrogen) atoms. The lowest BCUT2D eigenvalue weighted by Crippen LogP contribution is -2.55. The summed E-state index contributed by atoms with van der Waals surface area (Å²) in [5, 5.41) is 9.57. The summed E-state index contributed by atoms with van der Waals surface area (Å²) < 4.78 is 4.73. The molecule has 0 aliphatic carbocycles. The minimum atomic E-state index is -0.701. The zero-order valence-electron chi connectivity index (χ0n) is 21.7. The second-order valence-corrected chi connectivity index (χ2v) is 12.1. The number of hydrogen-bond donors (Lipinski definition) is 1. The third-order valence-electron chi connectivity index (χ3n) is 7.94. The molecule has 202 valence electrons. The van der Waals surface area contributed by atoms with Crippen molar-refractivity contribution in [3.63, 3.8) is 0 Å². The lowest BCUT2D eigenvalue weighted by Gasteiger charge is -2.37. The van der Waals surface area contributed by atoms with Gasteiger partial charge in [-0.3, -0.25) is 14.4 Å². The van der Waals surface area contributed by atoms with E-state index in [4.69, 9.17) is 21.4 Å². The summed E-state index contributed by atoms with van der Waals surface area (Å²) in [5.41, 5.74) is 1.49. The lowest BCUT2D eigenvalue weighted by atomic mass is 9.71. The van der Waals surface area contributed by atoms with Gasteiger partial charge in [-0.15, -0.1) is 18.3 Å². The van der Waals surface area contributed by atoms with E-state index in [-0.39, 0.29) is 42.8 Å². The Hall–Kier alpha value is -2.03. The van der Waals surface area contributed by atoms with Gasteiger partial charge in [0.25, 0.3) is 5.91 Å². The minimum Gasteiger partial charge on any atom is -0.466 e. The van der Waals surface area contributed by atoms with Gasteiger partial charge in [-0.25, -0.2) is 0 Å². The maximum absolute atomic E-state index is 14.5. The number of nitrogens with zero attached hydrogens (tertiary/aromatic N) is 2. The maximum atomic E-state index is 14.5. The number of aryl methyl sites for hydroxylation is 1. The molecular weight excluding hydrogens is 512 g/mol. The molecule has 3 saturated heterocycles. The second-order valence-electron chi connectivity index (χ2n) is 10.1. The molecule has 0 saturated carbocycles. The van der Waals surface area contributed by atoms with Crippen LogP contribution in [-0.2, 0) is 19.1 Å². The first-order chi connectivity index (χ1) is 17.8. The zero-order valence-corrected chi connectivity index (χ0v) is 23.2. The number of unbranched alkanes of at least 4 members (excludes halogenated alkanes) is 3. The number of aliphatic hydroxyl groups excluding tert-OH is 1. The Kier molecular flexibility index (Phi) is 8.92. The number of anilines is 1. The van der Waals surface area contributed by atoms with Crippen LogP contribution in [0.2, 0.25) is 5.02 Å². The van der Waals surface area contributed by atoms with E-state index in [1.165, 1.54) is 0 Å². The van der Waals surface area contributed by atoms with Gasteiger partial charge in [0.15, 0.2) is 0 Å². The predicted molar refractivity (Wildman–Crippen MR) is 147 cm³/mol. The number of hydrogen-bond acceptors (Lipinski definition) is 6. The summed E-state index contributed by atoms with van der Waals surface area (Å²) in [5.74, 6) is -1.74. The van der Waals surface area contributed by atoms with Crippen molar-refractivity contribution in [3.05, 3.63) is 41.4 Å². The molecule has 5 atom stereocenters. The van der Waals surface area contributed by atoms with Gasteiger partial charge in [0.1, 0.15) is 6.04 Å². The minimum absolute atomic E-state index is 0.0232. The summed E-state index contributed by atoms with van der Waals surface area (Å²) >= 11 is 8.24. The van der Waals surface area contributed by atoms with Crippen molar-refractivity contribution in [3.8, 4) is 0 Å². The molecule has 7 nitrogen and oxygen atoms in total. The van der Waals surface area contributed by atoms with Crippen LogP contribution < -0.4 is 4.90 Å². The molecule has 1 N–H and O–H groups in total. The molecule has 2 amide bonds. The molecule has 0 aromatic heterocycles. The maximum Gasteiger partial charge on any atom is 0.310 e. The molecule has 3 fully saturated rings. The fourth-order valence-electron chi connectivity index (χ4n) is 6.46. The average Bonchev–Trinajstić information content (AvgIpc) is 3.50. The van der Waals surface area contributed by atoms with Crippen molar-refractivity contribution < 1.29 is 24.2 Å². The van der Waals surface area contributed by atoms with Crippen LogP contribution in [0, 0.1) is 18.8 Å². The highest BCUT2D eigenvalue weighted by Gasteiger charge is 2.74. The van der Waals surface area contributed by atoms with Crippen LogP contribution >= 0.6 is 23.4 Å². The van der Waals surface area contributed by atoms with Crippen molar-refractivity contribution >= 4 is 46.8 Å². The van der Waals surface area contributed by atoms with Crippen LogP contribution in [0.1, 0.15) is 51.0 Å². The van der Waals surface area contributed by atoms with Crippen molar-refractivity contribution in [1.82, 2.24) is 4.90 Å². The van der Waals surface area contributed by atoms with Gasteiger partial charge in [0, 0.05) is 24.9 Å². The number of para-hydroxylation sites is 1. The summed E-state index contributed by atoms with van der Waals surface area (Å²) in [6.07, 6.45) is 6.29. The van der Waals surface area contributed by atoms with Gasteiger partial charge in [-0.1, -0.05) is 42.7 Å². The number of halogens is 1. The van der Waals surface area contributed by atoms with Crippen LogP contribution in [0.25, 0.3) is 0 Å². The lowest BCUT2D eigenvalue weighted by molar-refractivity contribution is -0.153. The number of ether oxygens (including phenoxy) is 1. The van der Waals surface area contributed by atoms with E-state index in [0.717, 1.165) is 31.2 Å². The quantitative estimate of drug-likeness (QED) is 0.237. The Balaban J connectivity index is 1.73. The molecule has 3 aliphatic heterocycles. The first-order valence-electron chi connectivity index (χ1n) is 13.3. The fraction of sp³-hybridized carbons (Fsp3) is 0.607. The van der Waals surface area contributed by atoms with E-state index in [0.29, 0.717) is 30.1 Å². The topological polar surface area (TPSA) is 87.2 Å². The molecule has 2 unspecified atom stereocenters. The van der Waals surface area contributed by atoms with Gasteiger partial charge in [0.2, 0.25) is 5.91 Å². The van der Waals surface area contributed by atoms with E-state index < -0.39 is 22.6 Å². The Bertz CT molecular complexity index is 1030. The Morgan fingerprint density at radius 2 is 2.08 bits per heavy atom. The van der Waals surface area contributed by atoms with E-state index >= 15 is 0 Å².